The van der Waals surface area contributed by atoms with Crippen molar-refractivity contribution in [2.24, 2.45) is 0 Å². The largest absolute Gasteiger partial charge is 0.450 e. The van der Waals surface area contributed by atoms with E-state index in [1.807, 2.05) is 36.6 Å². The van der Waals surface area contributed by atoms with E-state index in [9.17, 15) is 30.3 Å². The smallest absolute Gasteiger partial charge is 0.318 e. The second-order valence-electron chi connectivity index (χ2n) is 8.56. The van der Waals surface area contributed by atoms with E-state index < -0.39 is 27.1 Å². The SMILES string of the molecule is Cc1cc(/C=C(/C#N)C(=O)Nc2cccc(Br)c2)c(C)n1-c1ccc(Oc2ccc([N+](=O)[O-])cc2[N+](=O)[O-])cc1. The standard InChI is InChI=1S/C28H20BrN5O6/c1-17-12-19(13-20(16-30)28(35)31-22-5-3-4-21(29)14-22)18(2)32(17)23-6-9-25(10-7-23)40-27-11-8-24(33(36)37)15-26(27)34(38)39/h3-15H,1-2H3,(H,31,35)/b20-13-. The molecular weight excluding hydrogens is 582 g/mol. The van der Waals surface area contributed by atoms with Crippen LogP contribution in [0.4, 0.5) is 17.1 Å². The first kappa shape index (κ1) is 27.7. The molecule has 0 aliphatic heterocycles. The maximum Gasteiger partial charge on any atom is 0.318 e. The highest BCUT2D eigenvalue weighted by Crippen LogP contribution is 2.35. The van der Waals surface area contributed by atoms with Crippen LogP contribution in [0.25, 0.3) is 11.8 Å². The number of nitrogens with zero attached hydrogens (tertiary/aromatic N) is 4. The van der Waals surface area contributed by atoms with Gasteiger partial charge in [-0.1, -0.05) is 22.0 Å². The average molecular weight is 602 g/mol. The Morgan fingerprint density at radius 3 is 2.38 bits per heavy atom. The van der Waals surface area contributed by atoms with E-state index in [-0.39, 0.29) is 11.3 Å². The Kier molecular flexibility index (Phi) is 8.07. The third-order valence-electron chi connectivity index (χ3n) is 5.89. The number of anilines is 1. The third-order valence-corrected chi connectivity index (χ3v) is 6.38. The van der Waals surface area contributed by atoms with Crippen LogP contribution >= 0.6 is 15.9 Å². The van der Waals surface area contributed by atoms with E-state index in [0.29, 0.717) is 17.0 Å². The molecule has 1 amide bonds. The normalized spacial score (nSPS) is 11.0. The molecule has 0 atom stereocenters. The van der Waals surface area contributed by atoms with E-state index in [2.05, 4.69) is 21.2 Å². The number of benzene rings is 3. The van der Waals surface area contributed by atoms with Gasteiger partial charge in [-0.05, 0) is 80.1 Å². The number of nitrogens with one attached hydrogen (secondary N) is 1. The molecule has 3 aromatic carbocycles. The topological polar surface area (TPSA) is 153 Å². The van der Waals surface area contributed by atoms with Gasteiger partial charge in [-0.15, -0.1) is 0 Å². The molecule has 0 unspecified atom stereocenters. The highest BCUT2D eigenvalue weighted by Gasteiger charge is 2.21. The number of aryl methyl sites for hydroxylation is 1. The molecule has 0 radical (unpaired) electrons. The van der Waals surface area contributed by atoms with Gasteiger partial charge in [0.25, 0.3) is 11.6 Å². The number of carbonyl (C=O) groups excluding carboxylic acids is 1. The molecule has 0 fully saturated rings. The molecule has 1 heterocycles. The number of aromatic nitrogens is 1. The first-order chi connectivity index (χ1) is 19.1. The highest BCUT2D eigenvalue weighted by atomic mass is 79.9. The molecule has 0 bridgehead atoms. The Balaban J connectivity index is 1.58. The molecule has 0 aliphatic rings. The summed E-state index contributed by atoms with van der Waals surface area (Å²) < 4.78 is 8.36. The van der Waals surface area contributed by atoms with E-state index in [1.165, 1.54) is 12.1 Å². The number of nitriles is 1. The summed E-state index contributed by atoms with van der Waals surface area (Å²) in [5.74, 6) is -0.374. The zero-order chi connectivity index (χ0) is 29.0. The summed E-state index contributed by atoms with van der Waals surface area (Å²) >= 11 is 3.35. The molecule has 0 spiro atoms. The van der Waals surface area contributed by atoms with Crippen molar-refractivity contribution in [3.8, 4) is 23.3 Å². The third kappa shape index (κ3) is 6.06. The van der Waals surface area contributed by atoms with Crippen LogP contribution in [0, 0.1) is 45.4 Å². The Bertz CT molecular complexity index is 1720. The molecule has 0 saturated heterocycles. The number of carbonyl (C=O) groups is 1. The van der Waals surface area contributed by atoms with Crippen LogP contribution in [0.5, 0.6) is 11.5 Å². The molecular formula is C28H20BrN5O6. The summed E-state index contributed by atoms with van der Waals surface area (Å²) in [7, 11) is 0. The number of hydrogen-bond acceptors (Lipinski definition) is 7. The van der Waals surface area contributed by atoms with Crippen LogP contribution in [0.2, 0.25) is 0 Å². The van der Waals surface area contributed by atoms with Crippen molar-refractivity contribution in [2.75, 3.05) is 5.32 Å². The van der Waals surface area contributed by atoms with E-state index in [1.54, 1.807) is 42.5 Å². The summed E-state index contributed by atoms with van der Waals surface area (Å²) in [5.41, 5.74) is 2.60. The van der Waals surface area contributed by atoms with Gasteiger partial charge >= 0.3 is 5.69 Å². The lowest BCUT2D eigenvalue weighted by Crippen LogP contribution is -2.13. The molecule has 12 heteroatoms. The van der Waals surface area contributed by atoms with Crippen LogP contribution in [0.3, 0.4) is 0 Å². The van der Waals surface area contributed by atoms with E-state index >= 15 is 0 Å². The predicted molar refractivity (Wildman–Crippen MR) is 151 cm³/mol. The molecule has 4 rings (SSSR count). The Labute approximate surface area is 236 Å². The number of nitro benzene ring substituents is 2. The zero-order valence-electron chi connectivity index (χ0n) is 21.1. The molecule has 1 aromatic heterocycles. The van der Waals surface area contributed by atoms with Crippen LogP contribution in [0.15, 0.2) is 82.8 Å². The number of nitro groups is 2. The van der Waals surface area contributed by atoms with Gasteiger partial charge in [0.2, 0.25) is 5.75 Å². The van der Waals surface area contributed by atoms with Crippen LogP contribution in [0.1, 0.15) is 17.0 Å². The van der Waals surface area contributed by atoms with Crippen molar-refractivity contribution < 1.29 is 19.4 Å². The number of ether oxygens (including phenoxy) is 1. The van der Waals surface area contributed by atoms with Crippen molar-refractivity contribution in [3.63, 3.8) is 0 Å². The van der Waals surface area contributed by atoms with Crippen molar-refractivity contribution in [1.29, 1.82) is 5.26 Å². The molecule has 11 nitrogen and oxygen atoms in total. The summed E-state index contributed by atoms with van der Waals surface area (Å²) in [5, 5.41) is 34.7. The van der Waals surface area contributed by atoms with Gasteiger partial charge < -0.3 is 14.6 Å². The minimum Gasteiger partial charge on any atom is -0.450 e. The average Bonchev–Trinajstić information content (AvgIpc) is 3.19. The number of halogens is 1. The van der Waals surface area contributed by atoms with Gasteiger partial charge in [-0.2, -0.15) is 5.26 Å². The summed E-state index contributed by atoms with van der Waals surface area (Å²) in [4.78, 5) is 33.6. The van der Waals surface area contributed by atoms with Gasteiger partial charge in [0, 0.05) is 33.3 Å². The fourth-order valence-electron chi connectivity index (χ4n) is 4.04. The van der Waals surface area contributed by atoms with Crippen molar-refractivity contribution in [1.82, 2.24) is 4.57 Å². The van der Waals surface area contributed by atoms with Gasteiger partial charge in [-0.3, -0.25) is 25.0 Å². The van der Waals surface area contributed by atoms with Crippen LogP contribution < -0.4 is 10.1 Å². The number of non-ortho nitro benzene ring substituents is 1. The van der Waals surface area contributed by atoms with Gasteiger partial charge in [0.15, 0.2) is 0 Å². The Morgan fingerprint density at radius 1 is 1.02 bits per heavy atom. The van der Waals surface area contributed by atoms with Crippen molar-refractivity contribution in [3.05, 3.63) is 120 Å². The minimum atomic E-state index is -0.743. The quantitative estimate of drug-likeness (QED) is 0.0985. The maximum absolute atomic E-state index is 12.7. The summed E-state index contributed by atoms with van der Waals surface area (Å²) in [6, 6.07) is 20.7. The van der Waals surface area contributed by atoms with Crippen molar-refractivity contribution in [2.45, 2.75) is 13.8 Å². The molecule has 200 valence electrons. The highest BCUT2D eigenvalue weighted by molar-refractivity contribution is 9.10. The zero-order valence-corrected chi connectivity index (χ0v) is 22.7. The van der Waals surface area contributed by atoms with E-state index in [4.69, 9.17) is 4.74 Å². The van der Waals surface area contributed by atoms with Crippen LogP contribution in [-0.2, 0) is 4.79 Å². The number of rotatable bonds is 8. The maximum atomic E-state index is 12.7. The molecule has 4 aromatic rings. The lowest BCUT2D eigenvalue weighted by atomic mass is 10.1. The minimum absolute atomic E-state index is 0.0614. The first-order valence-electron chi connectivity index (χ1n) is 11.7. The molecule has 0 saturated carbocycles. The molecule has 1 N–H and O–H groups in total. The molecule has 40 heavy (non-hydrogen) atoms. The lowest BCUT2D eigenvalue weighted by Gasteiger charge is -2.11. The van der Waals surface area contributed by atoms with Gasteiger partial charge in [-0.25, -0.2) is 0 Å². The van der Waals surface area contributed by atoms with Crippen LogP contribution in [-0.4, -0.2) is 20.3 Å². The van der Waals surface area contributed by atoms with Gasteiger partial charge in [0.1, 0.15) is 17.4 Å². The summed E-state index contributed by atoms with van der Waals surface area (Å²) in [6.07, 6.45) is 1.53. The Morgan fingerprint density at radius 2 is 1.75 bits per heavy atom. The molecule has 0 aliphatic carbocycles. The first-order valence-corrected chi connectivity index (χ1v) is 12.5. The predicted octanol–water partition coefficient (Wildman–Crippen LogP) is 7.01. The number of amides is 1. The van der Waals surface area contributed by atoms with Crippen molar-refractivity contribution >= 4 is 45.0 Å². The van der Waals surface area contributed by atoms with E-state index in [0.717, 1.165) is 33.7 Å². The number of hydrogen-bond donors (Lipinski definition) is 1. The second-order valence-corrected chi connectivity index (χ2v) is 9.47. The monoisotopic (exact) mass is 601 g/mol. The fourth-order valence-corrected chi connectivity index (χ4v) is 4.44. The Hall–Kier alpha value is -5.28. The van der Waals surface area contributed by atoms with Gasteiger partial charge in [0.05, 0.1) is 15.9 Å². The summed E-state index contributed by atoms with van der Waals surface area (Å²) in [6.45, 7) is 3.73. The second kappa shape index (κ2) is 11.6. The lowest BCUT2D eigenvalue weighted by molar-refractivity contribution is -0.394. The fraction of sp³-hybridized carbons (Fsp3) is 0.0714.